The number of carbonyl (C=O) groups excluding carboxylic acids is 1. The molecule has 94 valence electrons. The lowest BCUT2D eigenvalue weighted by Gasteiger charge is -2.17. The molecular weight excluding hydrogens is 212 g/mol. The molecule has 2 heteroatoms. The summed E-state index contributed by atoms with van der Waals surface area (Å²) >= 11 is 0. The molecule has 2 aliphatic carbocycles. The summed E-state index contributed by atoms with van der Waals surface area (Å²) in [6.07, 6.45) is 5.09. The number of carbonyl (C=O) groups is 1. The van der Waals surface area contributed by atoms with Crippen LogP contribution < -0.4 is 0 Å². The molecule has 2 nitrogen and oxygen atoms in total. The summed E-state index contributed by atoms with van der Waals surface area (Å²) in [6, 6.07) is 0. The van der Waals surface area contributed by atoms with E-state index < -0.39 is 0 Å². The van der Waals surface area contributed by atoms with E-state index in [0.29, 0.717) is 24.0 Å². The molecule has 3 atom stereocenters. The molecule has 0 heterocycles. The molecule has 1 N–H and O–H groups in total. The van der Waals surface area contributed by atoms with Crippen LogP contribution in [0.25, 0.3) is 0 Å². The van der Waals surface area contributed by atoms with Crippen LogP contribution >= 0.6 is 0 Å². The van der Waals surface area contributed by atoms with E-state index in [1.807, 2.05) is 6.92 Å². The molecule has 0 unspecified atom stereocenters. The Bertz CT molecular complexity index is 390. The second kappa shape index (κ2) is 4.77. The summed E-state index contributed by atoms with van der Waals surface area (Å²) in [5, 5.41) is 9.28. The number of Topliss-reactive ketones (excluding diaryl/α,β-unsaturated/α-hetero) is 1. The van der Waals surface area contributed by atoms with Gasteiger partial charge in [-0.25, -0.2) is 0 Å². The molecule has 17 heavy (non-hydrogen) atoms. The summed E-state index contributed by atoms with van der Waals surface area (Å²) in [5.74, 6) is 1.53. The molecule has 0 spiro atoms. The minimum atomic E-state index is 0.200. The van der Waals surface area contributed by atoms with E-state index in [0.717, 1.165) is 18.4 Å². The fourth-order valence-electron chi connectivity index (χ4n) is 3.00. The molecule has 2 rings (SSSR count). The van der Waals surface area contributed by atoms with Crippen molar-refractivity contribution in [2.75, 3.05) is 6.61 Å². The minimum Gasteiger partial charge on any atom is -0.396 e. The van der Waals surface area contributed by atoms with Gasteiger partial charge in [0, 0.05) is 18.9 Å². The molecule has 0 aromatic heterocycles. The van der Waals surface area contributed by atoms with Crippen LogP contribution in [-0.4, -0.2) is 17.5 Å². The van der Waals surface area contributed by atoms with E-state index in [1.54, 1.807) is 0 Å². The van der Waals surface area contributed by atoms with E-state index in [-0.39, 0.29) is 12.5 Å². The first-order valence-electron chi connectivity index (χ1n) is 6.59. The standard InChI is InChI=1S/C15H22O2/c1-9-4-5-12(10(2)8-16)6-14-11(3)15(17)7-13(9)14/h6,9-10,13,16H,4-5,7-8H2,1-3H3/t9-,10+,13+/m0/s1. The highest BCUT2D eigenvalue weighted by Gasteiger charge is 2.34. The average Bonchev–Trinajstić information content (AvgIpc) is 2.50. The highest BCUT2D eigenvalue weighted by Crippen LogP contribution is 2.41. The lowest BCUT2D eigenvalue weighted by Crippen LogP contribution is -2.10. The molecule has 0 fully saturated rings. The van der Waals surface area contributed by atoms with Gasteiger partial charge in [-0.15, -0.1) is 0 Å². The quantitative estimate of drug-likeness (QED) is 0.797. The molecule has 0 bridgehead atoms. The van der Waals surface area contributed by atoms with Gasteiger partial charge in [0.15, 0.2) is 5.78 Å². The molecule has 0 amide bonds. The molecule has 0 saturated heterocycles. The van der Waals surface area contributed by atoms with Gasteiger partial charge in [0.05, 0.1) is 0 Å². The summed E-state index contributed by atoms with van der Waals surface area (Å²) in [6.45, 7) is 6.46. The zero-order valence-electron chi connectivity index (χ0n) is 11.0. The summed E-state index contributed by atoms with van der Waals surface area (Å²) < 4.78 is 0. The van der Waals surface area contributed by atoms with Gasteiger partial charge in [0.2, 0.25) is 0 Å². The number of aliphatic hydroxyl groups excluding tert-OH is 1. The van der Waals surface area contributed by atoms with Crippen LogP contribution in [-0.2, 0) is 4.79 Å². The number of allylic oxidation sites excluding steroid dienone is 3. The summed E-state index contributed by atoms with van der Waals surface area (Å²) in [5.41, 5.74) is 3.51. The lowest BCUT2D eigenvalue weighted by atomic mass is 9.87. The lowest BCUT2D eigenvalue weighted by molar-refractivity contribution is -0.115. The molecule has 2 aliphatic rings. The van der Waals surface area contributed by atoms with Crippen molar-refractivity contribution < 1.29 is 9.90 Å². The number of aliphatic hydroxyl groups is 1. The molecule has 0 aliphatic heterocycles. The van der Waals surface area contributed by atoms with Gasteiger partial charge in [0.1, 0.15) is 0 Å². The van der Waals surface area contributed by atoms with Crippen molar-refractivity contribution in [3.8, 4) is 0 Å². The number of ketones is 1. The Hall–Kier alpha value is -0.890. The second-order valence-corrected chi connectivity index (χ2v) is 5.63. The van der Waals surface area contributed by atoms with E-state index in [2.05, 4.69) is 19.9 Å². The largest absolute Gasteiger partial charge is 0.396 e. The second-order valence-electron chi connectivity index (χ2n) is 5.63. The number of hydrogen-bond acceptors (Lipinski definition) is 2. The van der Waals surface area contributed by atoms with Gasteiger partial charge in [0.25, 0.3) is 0 Å². The Morgan fingerprint density at radius 1 is 1.53 bits per heavy atom. The van der Waals surface area contributed by atoms with E-state index >= 15 is 0 Å². The predicted octanol–water partition coefficient (Wildman–Crippen LogP) is 2.88. The first-order chi connectivity index (χ1) is 8.04. The monoisotopic (exact) mass is 234 g/mol. The van der Waals surface area contributed by atoms with Crippen molar-refractivity contribution in [2.24, 2.45) is 17.8 Å². The third kappa shape index (κ3) is 2.23. The van der Waals surface area contributed by atoms with Crippen LogP contribution in [0.5, 0.6) is 0 Å². The highest BCUT2D eigenvalue weighted by molar-refractivity contribution is 5.99. The van der Waals surface area contributed by atoms with Crippen LogP contribution in [0.1, 0.15) is 40.0 Å². The van der Waals surface area contributed by atoms with Crippen LogP contribution in [0.4, 0.5) is 0 Å². The normalized spacial score (nSPS) is 31.1. The SMILES string of the molecule is CC1=C2C=C([C@H](C)CO)CC[C@H](C)[C@H]2CC1=O. The fraction of sp³-hybridized carbons (Fsp3) is 0.667. The van der Waals surface area contributed by atoms with Crippen LogP contribution in [0.3, 0.4) is 0 Å². The first-order valence-corrected chi connectivity index (χ1v) is 6.59. The van der Waals surface area contributed by atoms with Crippen LogP contribution in [0, 0.1) is 17.8 Å². The van der Waals surface area contributed by atoms with Gasteiger partial charge in [-0.3, -0.25) is 4.79 Å². The smallest absolute Gasteiger partial charge is 0.159 e. The fourth-order valence-corrected chi connectivity index (χ4v) is 3.00. The zero-order chi connectivity index (χ0) is 12.6. The van der Waals surface area contributed by atoms with Gasteiger partial charge < -0.3 is 5.11 Å². The van der Waals surface area contributed by atoms with E-state index in [9.17, 15) is 9.90 Å². The number of rotatable bonds is 2. The van der Waals surface area contributed by atoms with Crippen molar-refractivity contribution >= 4 is 5.78 Å². The molecule has 0 aromatic rings. The topological polar surface area (TPSA) is 37.3 Å². The molecule has 0 radical (unpaired) electrons. The van der Waals surface area contributed by atoms with Crippen molar-refractivity contribution in [2.45, 2.75) is 40.0 Å². The third-order valence-electron chi connectivity index (χ3n) is 4.48. The van der Waals surface area contributed by atoms with Crippen molar-refractivity contribution in [3.63, 3.8) is 0 Å². The summed E-state index contributed by atoms with van der Waals surface area (Å²) in [7, 11) is 0. The Morgan fingerprint density at radius 3 is 2.88 bits per heavy atom. The Kier molecular flexibility index (Phi) is 3.53. The zero-order valence-corrected chi connectivity index (χ0v) is 11.0. The maximum absolute atomic E-state index is 11.8. The van der Waals surface area contributed by atoms with E-state index in [1.165, 1.54) is 11.1 Å². The number of hydrogen-bond donors (Lipinski definition) is 1. The van der Waals surface area contributed by atoms with Crippen molar-refractivity contribution in [1.29, 1.82) is 0 Å². The van der Waals surface area contributed by atoms with Crippen LogP contribution in [0.2, 0.25) is 0 Å². The van der Waals surface area contributed by atoms with Gasteiger partial charge in [-0.05, 0) is 42.7 Å². The summed E-state index contributed by atoms with van der Waals surface area (Å²) in [4.78, 5) is 11.8. The molecule has 0 saturated carbocycles. The maximum Gasteiger partial charge on any atom is 0.159 e. The minimum absolute atomic E-state index is 0.200. The van der Waals surface area contributed by atoms with Gasteiger partial charge in [-0.2, -0.15) is 0 Å². The Labute approximate surface area is 103 Å². The van der Waals surface area contributed by atoms with E-state index in [4.69, 9.17) is 0 Å². The Morgan fingerprint density at radius 2 is 2.24 bits per heavy atom. The first kappa shape index (κ1) is 12.6. The molecule has 0 aromatic carbocycles. The van der Waals surface area contributed by atoms with Gasteiger partial charge >= 0.3 is 0 Å². The predicted molar refractivity (Wildman–Crippen MR) is 68.5 cm³/mol. The van der Waals surface area contributed by atoms with Crippen molar-refractivity contribution in [1.82, 2.24) is 0 Å². The Balaban J connectivity index is 2.38. The van der Waals surface area contributed by atoms with Crippen molar-refractivity contribution in [3.05, 3.63) is 22.8 Å². The highest BCUT2D eigenvalue weighted by atomic mass is 16.3. The van der Waals surface area contributed by atoms with Crippen LogP contribution in [0.15, 0.2) is 22.8 Å². The molecular formula is C15H22O2. The average molecular weight is 234 g/mol. The van der Waals surface area contributed by atoms with Gasteiger partial charge in [-0.1, -0.05) is 25.5 Å². The third-order valence-corrected chi connectivity index (χ3v) is 4.48. The number of fused-ring (bicyclic) bond motifs is 1. The maximum atomic E-state index is 11.8.